The number of hydrogen-bond acceptors (Lipinski definition) is 6. The van der Waals surface area contributed by atoms with Crippen LogP contribution in [0.5, 0.6) is 0 Å². The first-order valence-electron chi connectivity index (χ1n) is 16.9. The molecule has 0 unspecified atom stereocenters. The first-order valence-corrected chi connectivity index (χ1v) is 16.9. The number of hydrogen-bond donors (Lipinski definition) is 2. The Labute approximate surface area is 280 Å². The molecule has 0 radical (unpaired) electrons. The number of anilines is 2. The summed E-state index contributed by atoms with van der Waals surface area (Å²) < 4.78 is 5.77. The van der Waals surface area contributed by atoms with Crippen molar-refractivity contribution in [3.63, 3.8) is 0 Å². The van der Waals surface area contributed by atoms with Crippen molar-refractivity contribution < 1.29 is 19.1 Å². The van der Waals surface area contributed by atoms with Gasteiger partial charge in [0.05, 0.1) is 5.69 Å². The topological polar surface area (TPSA) is 94.2 Å². The van der Waals surface area contributed by atoms with Crippen LogP contribution in [0.15, 0.2) is 72.8 Å². The molecule has 9 nitrogen and oxygen atoms in total. The van der Waals surface area contributed by atoms with Crippen molar-refractivity contribution >= 4 is 29.3 Å². The average molecular weight is 642 g/mol. The number of para-hydroxylation sites is 1. The minimum atomic E-state index is -0.426. The van der Waals surface area contributed by atoms with Gasteiger partial charge in [0.2, 0.25) is 5.91 Å². The van der Waals surface area contributed by atoms with E-state index in [1.54, 1.807) is 4.90 Å². The minimum Gasteiger partial charge on any atom is -0.446 e. The monoisotopic (exact) mass is 641 g/mol. The highest BCUT2D eigenvalue weighted by Gasteiger charge is 2.23. The fourth-order valence-electron chi connectivity index (χ4n) is 5.78. The molecule has 252 valence electrons. The molecular formula is C38H51N5O4. The standard InChI is InChI=1S/C38H51N5O4/c1-5-41(3)37(45)33-20-19-31(28-29(33)2)39-23-13-7-10-18-36(44)42(4)26-27-43-24-21-32(22-25-43)47-38(46)40-35-17-12-11-16-34(35)30-14-8-6-9-15-30/h6,8-9,11-12,14-17,19-20,28,32,39H,5,7,10,13,18,21-27H2,1-4H3,(H,40,46). The van der Waals surface area contributed by atoms with E-state index in [0.717, 1.165) is 91.9 Å². The molecule has 0 spiro atoms. The second kappa shape index (κ2) is 18.1. The summed E-state index contributed by atoms with van der Waals surface area (Å²) in [6.45, 7) is 8.62. The number of aryl methyl sites for hydroxylation is 1. The van der Waals surface area contributed by atoms with Crippen molar-refractivity contribution in [1.29, 1.82) is 0 Å². The molecule has 3 aromatic carbocycles. The van der Waals surface area contributed by atoms with E-state index >= 15 is 0 Å². The number of rotatable bonds is 15. The molecule has 3 aromatic rings. The van der Waals surface area contributed by atoms with Gasteiger partial charge in [-0.15, -0.1) is 0 Å². The summed E-state index contributed by atoms with van der Waals surface area (Å²) in [4.78, 5) is 43.7. The van der Waals surface area contributed by atoms with Crippen LogP contribution in [0, 0.1) is 6.92 Å². The maximum absolute atomic E-state index is 12.7. The van der Waals surface area contributed by atoms with Crippen LogP contribution in [-0.4, -0.2) is 92.1 Å². The quantitative estimate of drug-likeness (QED) is 0.176. The third-order valence-electron chi connectivity index (χ3n) is 8.91. The zero-order chi connectivity index (χ0) is 33.6. The van der Waals surface area contributed by atoms with E-state index in [1.807, 2.05) is 106 Å². The minimum absolute atomic E-state index is 0.0454. The molecule has 2 N–H and O–H groups in total. The van der Waals surface area contributed by atoms with Gasteiger partial charge in [-0.1, -0.05) is 55.0 Å². The Kier molecular flexibility index (Phi) is 13.7. The smallest absolute Gasteiger partial charge is 0.411 e. The number of carbonyl (C=O) groups is 3. The van der Waals surface area contributed by atoms with Gasteiger partial charge in [0.1, 0.15) is 6.10 Å². The van der Waals surface area contributed by atoms with E-state index in [9.17, 15) is 14.4 Å². The molecule has 9 heteroatoms. The van der Waals surface area contributed by atoms with Crippen molar-refractivity contribution in [2.75, 3.05) is 64.0 Å². The highest BCUT2D eigenvalue weighted by atomic mass is 16.6. The van der Waals surface area contributed by atoms with Crippen LogP contribution in [0.2, 0.25) is 0 Å². The van der Waals surface area contributed by atoms with Gasteiger partial charge in [-0.25, -0.2) is 4.79 Å². The number of carbonyl (C=O) groups excluding carboxylic acids is 3. The molecule has 0 aromatic heterocycles. The molecule has 4 rings (SSSR count). The lowest BCUT2D eigenvalue weighted by atomic mass is 10.0. The average Bonchev–Trinajstić information content (AvgIpc) is 3.09. The zero-order valence-corrected chi connectivity index (χ0v) is 28.5. The van der Waals surface area contributed by atoms with E-state index in [2.05, 4.69) is 15.5 Å². The summed E-state index contributed by atoms with van der Waals surface area (Å²) in [6.07, 6.45) is 4.37. The summed E-state index contributed by atoms with van der Waals surface area (Å²) in [5.41, 5.74) is 5.45. The van der Waals surface area contributed by atoms with Gasteiger partial charge < -0.3 is 24.8 Å². The molecule has 1 heterocycles. The third-order valence-corrected chi connectivity index (χ3v) is 8.91. The predicted octanol–water partition coefficient (Wildman–Crippen LogP) is 6.90. The number of piperidine rings is 1. The van der Waals surface area contributed by atoms with Crippen molar-refractivity contribution in [2.45, 2.75) is 58.5 Å². The van der Waals surface area contributed by atoms with Gasteiger partial charge in [0.15, 0.2) is 0 Å². The second-order valence-electron chi connectivity index (χ2n) is 12.4. The van der Waals surface area contributed by atoms with Crippen molar-refractivity contribution in [3.05, 3.63) is 83.9 Å². The van der Waals surface area contributed by atoms with Crippen LogP contribution in [0.1, 0.15) is 61.4 Å². The SMILES string of the molecule is CCN(C)C(=O)c1ccc(NCCCCCC(=O)N(C)CCN2CCC(OC(=O)Nc3ccccc3-c3ccccc3)CC2)cc1C. The van der Waals surface area contributed by atoms with Crippen LogP contribution in [0.25, 0.3) is 11.1 Å². The summed E-state index contributed by atoms with van der Waals surface area (Å²) >= 11 is 0. The molecule has 0 bridgehead atoms. The Morgan fingerprint density at radius 1 is 0.894 bits per heavy atom. The molecule has 1 aliphatic heterocycles. The van der Waals surface area contributed by atoms with Gasteiger partial charge in [0.25, 0.3) is 5.91 Å². The van der Waals surface area contributed by atoms with Crippen LogP contribution < -0.4 is 10.6 Å². The van der Waals surface area contributed by atoms with Crippen LogP contribution >= 0.6 is 0 Å². The summed E-state index contributed by atoms with van der Waals surface area (Å²) in [5, 5.41) is 6.37. The first-order chi connectivity index (χ1) is 22.7. The first kappa shape index (κ1) is 35.5. The zero-order valence-electron chi connectivity index (χ0n) is 28.5. The molecule has 0 saturated carbocycles. The molecule has 0 aliphatic carbocycles. The fraction of sp³-hybridized carbons (Fsp3) is 0.447. The molecule has 3 amide bonds. The molecule has 47 heavy (non-hydrogen) atoms. The summed E-state index contributed by atoms with van der Waals surface area (Å²) in [5.74, 6) is 0.223. The molecule has 1 aliphatic rings. The largest absolute Gasteiger partial charge is 0.446 e. The van der Waals surface area contributed by atoms with E-state index in [-0.39, 0.29) is 17.9 Å². The molecular weight excluding hydrogens is 590 g/mol. The number of ether oxygens (including phenoxy) is 1. The second-order valence-corrected chi connectivity index (χ2v) is 12.4. The highest BCUT2D eigenvalue weighted by molar-refractivity contribution is 5.96. The maximum atomic E-state index is 12.7. The Morgan fingerprint density at radius 2 is 1.62 bits per heavy atom. The summed E-state index contributed by atoms with van der Waals surface area (Å²) in [6, 6.07) is 23.6. The van der Waals surface area contributed by atoms with Crippen molar-refractivity contribution in [1.82, 2.24) is 14.7 Å². The normalized spacial score (nSPS) is 13.5. The Morgan fingerprint density at radius 3 is 2.34 bits per heavy atom. The van der Waals surface area contributed by atoms with Gasteiger partial charge >= 0.3 is 6.09 Å². The number of amides is 3. The van der Waals surface area contributed by atoms with Crippen LogP contribution in [0.3, 0.4) is 0 Å². The Bertz CT molecular complexity index is 1460. The highest BCUT2D eigenvalue weighted by Crippen LogP contribution is 2.28. The van der Waals surface area contributed by atoms with E-state index in [1.165, 1.54) is 0 Å². The number of benzene rings is 3. The van der Waals surface area contributed by atoms with Gasteiger partial charge in [0, 0.05) is 76.6 Å². The van der Waals surface area contributed by atoms with Crippen LogP contribution in [0.4, 0.5) is 16.2 Å². The summed E-state index contributed by atoms with van der Waals surface area (Å²) in [7, 11) is 3.70. The number of unbranched alkanes of at least 4 members (excludes halogenated alkanes) is 2. The van der Waals surface area contributed by atoms with Gasteiger partial charge in [-0.2, -0.15) is 0 Å². The van der Waals surface area contributed by atoms with E-state index < -0.39 is 6.09 Å². The van der Waals surface area contributed by atoms with Crippen LogP contribution in [-0.2, 0) is 9.53 Å². The number of likely N-dealkylation sites (N-methyl/N-ethyl adjacent to an activating group) is 1. The lowest BCUT2D eigenvalue weighted by molar-refractivity contribution is -0.130. The third kappa shape index (κ3) is 10.8. The van der Waals surface area contributed by atoms with Crippen molar-refractivity contribution in [2.24, 2.45) is 0 Å². The van der Waals surface area contributed by atoms with E-state index in [0.29, 0.717) is 19.5 Å². The predicted molar refractivity (Wildman–Crippen MR) is 190 cm³/mol. The Hall–Kier alpha value is -4.37. The molecule has 1 fully saturated rings. The van der Waals surface area contributed by atoms with Crippen molar-refractivity contribution in [3.8, 4) is 11.1 Å². The van der Waals surface area contributed by atoms with Gasteiger partial charge in [-0.05, 0) is 74.9 Å². The lowest BCUT2D eigenvalue weighted by Gasteiger charge is -2.32. The fourth-order valence-corrected chi connectivity index (χ4v) is 5.78. The lowest BCUT2D eigenvalue weighted by Crippen LogP contribution is -2.42. The number of nitrogens with zero attached hydrogens (tertiary/aromatic N) is 3. The molecule has 0 atom stereocenters. The maximum Gasteiger partial charge on any atom is 0.411 e. The molecule has 1 saturated heterocycles. The van der Waals surface area contributed by atoms with Gasteiger partial charge in [-0.3, -0.25) is 14.9 Å². The van der Waals surface area contributed by atoms with E-state index in [4.69, 9.17) is 4.74 Å². The Balaban J connectivity index is 1.07. The number of nitrogens with one attached hydrogen (secondary N) is 2. The number of likely N-dealkylation sites (tertiary alicyclic amines) is 1.